The lowest BCUT2D eigenvalue weighted by Crippen LogP contribution is -2.59. The van der Waals surface area contributed by atoms with Crippen LogP contribution in [-0.2, 0) is 18.0 Å². The fourth-order valence-corrected chi connectivity index (χ4v) is 7.41. The quantitative estimate of drug-likeness (QED) is 0.147. The van der Waals surface area contributed by atoms with E-state index in [1.165, 1.54) is 23.0 Å². The molecule has 0 aliphatic carbocycles. The van der Waals surface area contributed by atoms with Gasteiger partial charge in [0.2, 0.25) is 0 Å². The maximum atomic E-state index is 13.1. The average molecular weight is 630 g/mol. The zero-order valence-corrected chi connectivity index (χ0v) is 31.0. The Kier molecular flexibility index (Phi) is 10.2. The molecule has 2 N–H and O–H groups in total. The molecular weight excluding hydrogens is 575 g/mol. The molecule has 0 saturated carbocycles. The molecule has 1 fully saturated rings. The number of hydrogen-bond acceptors (Lipinski definition) is 8. The van der Waals surface area contributed by atoms with Crippen molar-refractivity contribution in [2.45, 2.75) is 141 Å². The van der Waals surface area contributed by atoms with E-state index in [0.717, 1.165) is 0 Å². The zero-order valence-electron chi connectivity index (χ0n) is 28.0. The zero-order chi connectivity index (χ0) is 32.0. The van der Waals surface area contributed by atoms with Crippen molar-refractivity contribution in [3.8, 4) is 0 Å². The molecule has 0 bridgehead atoms. The van der Waals surface area contributed by atoms with Gasteiger partial charge in [0.05, 0.1) is 12.8 Å². The number of nitrogens with one attached hydrogen (secondary N) is 1. The molecule has 10 nitrogen and oxygen atoms in total. The van der Waals surface area contributed by atoms with Crippen molar-refractivity contribution < 1.29 is 23.2 Å². The highest BCUT2D eigenvalue weighted by atomic mass is 28.4. The maximum Gasteiger partial charge on any atom is 0.330 e. The monoisotopic (exact) mass is 629 g/mol. The molecule has 41 heavy (non-hydrogen) atoms. The fraction of sp³-hybridized carbons (Fsp3) is 0.821. The predicted octanol–water partition coefficient (Wildman–Crippen LogP) is 6.07. The first-order valence-electron chi connectivity index (χ1n) is 14.4. The molecule has 1 aliphatic rings. The highest BCUT2D eigenvalue weighted by Crippen LogP contribution is 2.49. The number of aromatic amines is 1. The summed E-state index contributed by atoms with van der Waals surface area (Å²) >= 11 is 0. The van der Waals surface area contributed by atoms with Gasteiger partial charge in [0.1, 0.15) is 12.2 Å². The third-order valence-electron chi connectivity index (χ3n) is 9.73. The third kappa shape index (κ3) is 7.60. The standard InChI is InChI=1S/C28H55N3O7Si3/c1-25(2,3)39(10,11)35-19-28(18-29-34)22(38-41(14,15)27(7,8)9)21(37-40(12,13)26(4,5)6)23(36-28)31-17-16-20(32)30-24(31)33/h16-18,21-23,34H,19H2,1-15H3,(H,30,32,33)/b29-18+/t21?,22-,23-,28-/m1/s1. The Bertz CT molecular complexity index is 1210. The van der Waals surface area contributed by atoms with E-state index in [-0.39, 0.29) is 21.7 Å². The van der Waals surface area contributed by atoms with Gasteiger partial charge in [-0.2, -0.15) is 0 Å². The first kappa shape index (κ1) is 35.8. The van der Waals surface area contributed by atoms with E-state index in [1.807, 2.05) is 0 Å². The van der Waals surface area contributed by atoms with Crippen LogP contribution < -0.4 is 11.2 Å². The van der Waals surface area contributed by atoms with Gasteiger partial charge < -0.3 is 23.2 Å². The lowest BCUT2D eigenvalue weighted by atomic mass is 9.97. The van der Waals surface area contributed by atoms with Crippen LogP contribution in [0.25, 0.3) is 0 Å². The van der Waals surface area contributed by atoms with Gasteiger partial charge in [-0.3, -0.25) is 14.3 Å². The summed E-state index contributed by atoms with van der Waals surface area (Å²) in [6, 6.07) is 1.28. The summed E-state index contributed by atoms with van der Waals surface area (Å²) in [5.41, 5.74) is -2.52. The third-order valence-corrected chi connectivity index (χ3v) is 23.1. The molecule has 236 valence electrons. The van der Waals surface area contributed by atoms with Crippen molar-refractivity contribution in [2.75, 3.05) is 6.61 Å². The molecule has 2 heterocycles. The molecule has 1 aliphatic heterocycles. The number of aromatic nitrogens is 2. The Morgan fingerprint density at radius 3 is 1.85 bits per heavy atom. The molecule has 0 amide bonds. The number of rotatable bonds is 9. The predicted molar refractivity (Wildman–Crippen MR) is 172 cm³/mol. The van der Waals surface area contributed by atoms with Gasteiger partial charge >= 0.3 is 5.69 Å². The first-order valence-corrected chi connectivity index (χ1v) is 23.1. The Balaban J connectivity index is 2.88. The van der Waals surface area contributed by atoms with E-state index >= 15 is 0 Å². The molecule has 13 heteroatoms. The van der Waals surface area contributed by atoms with E-state index in [2.05, 4.69) is 112 Å². The van der Waals surface area contributed by atoms with Crippen molar-refractivity contribution in [1.82, 2.24) is 9.55 Å². The molecule has 4 atom stereocenters. The van der Waals surface area contributed by atoms with Crippen molar-refractivity contribution in [3.05, 3.63) is 33.1 Å². The van der Waals surface area contributed by atoms with E-state index in [1.54, 1.807) is 0 Å². The summed E-state index contributed by atoms with van der Waals surface area (Å²) < 4.78 is 29.0. The van der Waals surface area contributed by atoms with Gasteiger partial charge in [0.25, 0.3) is 5.56 Å². The van der Waals surface area contributed by atoms with Crippen molar-refractivity contribution in [1.29, 1.82) is 0 Å². The second-order valence-electron chi connectivity index (χ2n) is 15.9. The topological polar surface area (TPSA) is 124 Å². The molecule has 1 aromatic heterocycles. The van der Waals surface area contributed by atoms with Crippen LogP contribution in [0.5, 0.6) is 0 Å². The highest BCUT2D eigenvalue weighted by Gasteiger charge is 2.62. The molecule has 2 rings (SSSR count). The SMILES string of the molecule is CC(C)(C)[Si](C)(C)OC[C@@]1(/C=N/O)O[C@@H](n2ccc(=O)[nH]c2=O)C(O[Si](C)(C)C(C)(C)C)[C@H]1O[Si](C)(C)C(C)(C)C. The molecule has 0 radical (unpaired) electrons. The number of H-pyrrole nitrogens is 1. The van der Waals surface area contributed by atoms with Crippen LogP contribution in [0.15, 0.2) is 27.0 Å². The Morgan fingerprint density at radius 2 is 1.41 bits per heavy atom. The fourth-order valence-electron chi connectivity index (χ4n) is 3.79. The molecule has 1 unspecified atom stereocenters. The van der Waals surface area contributed by atoms with Crippen molar-refractivity contribution >= 4 is 31.2 Å². The molecular formula is C28H55N3O7Si3. The minimum Gasteiger partial charge on any atom is -0.413 e. The number of nitrogens with zero attached hydrogens (tertiary/aromatic N) is 2. The summed E-state index contributed by atoms with van der Waals surface area (Å²) in [5, 5.41) is 13.1. The molecule has 0 spiro atoms. The van der Waals surface area contributed by atoms with E-state index in [0.29, 0.717) is 0 Å². The summed E-state index contributed by atoms with van der Waals surface area (Å²) in [6.07, 6.45) is 0.218. The Morgan fingerprint density at radius 1 is 0.927 bits per heavy atom. The smallest absolute Gasteiger partial charge is 0.330 e. The summed E-state index contributed by atoms with van der Waals surface area (Å²) in [5.74, 6) is 0. The van der Waals surface area contributed by atoms with Crippen molar-refractivity contribution in [2.24, 2.45) is 5.16 Å². The van der Waals surface area contributed by atoms with Gasteiger partial charge in [-0.15, -0.1) is 0 Å². The number of ether oxygens (including phenoxy) is 1. The van der Waals surface area contributed by atoms with Gasteiger partial charge in [0, 0.05) is 12.3 Å². The van der Waals surface area contributed by atoms with Crippen LogP contribution >= 0.6 is 0 Å². The largest absolute Gasteiger partial charge is 0.413 e. The minimum atomic E-state index is -2.49. The van der Waals surface area contributed by atoms with Crippen LogP contribution in [0.1, 0.15) is 68.5 Å². The average Bonchev–Trinajstić information content (AvgIpc) is 3.03. The van der Waals surface area contributed by atoms with Gasteiger partial charge in [-0.1, -0.05) is 67.5 Å². The molecule has 1 saturated heterocycles. The van der Waals surface area contributed by atoms with Gasteiger partial charge in [0.15, 0.2) is 36.8 Å². The van der Waals surface area contributed by atoms with Crippen molar-refractivity contribution in [3.63, 3.8) is 0 Å². The number of hydrogen-bond donors (Lipinski definition) is 2. The van der Waals surface area contributed by atoms with Crippen LogP contribution in [0.2, 0.25) is 54.4 Å². The van der Waals surface area contributed by atoms with Crippen LogP contribution in [0.3, 0.4) is 0 Å². The van der Waals surface area contributed by atoms with E-state index in [9.17, 15) is 14.8 Å². The number of oxime groups is 1. The minimum absolute atomic E-state index is 0.0405. The summed E-state index contributed by atoms with van der Waals surface area (Å²) in [4.78, 5) is 27.5. The Hall–Kier alpha value is -1.36. The van der Waals surface area contributed by atoms with Gasteiger partial charge in [-0.05, 0) is 54.4 Å². The molecule has 1 aromatic rings. The lowest BCUT2D eigenvalue weighted by Gasteiger charge is -2.46. The second-order valence-corrected chi connectivity index (χ2v) is 30.2. The van der Waals surface area contributed by atoms with E-state index < -0.39 is 60.2 Å². The van der Waals surface area contributed by atoms with Crippen LogP contribution in [0.4, 0.5) is 0 Å². The maximum absolute atomic E-state index is 13.1. The van der Waals surface area contributed by atoms with E-state index in [4.69, 9.17) is 18.0 Å². The second kappa shape index (κ2) is 11.6. The highest BCUT2D eigenvalue weighted by molar-refractivity contribution is 6.75. The van der Waals surface area contributed by atoms with Crippen LogP contribution in [-0.4, -0.2) is 70.3 Å². The van der Waals surface area contributed by atoms with Crippen LogP contribution in [0, 0.1) is 0 Å². The summed E-state index contributed by atoms with van der Waals surface area (Å²) in [6.45, 7) is 32.2. The Labute approximate surface area is 249 Å². The normalized spacial score (nSPS) is 25.3. The lowest BCUT2D eigenvalue weighted by molar-refractivity contribution is -0.0813. The summed E-state index contributed by atoms with van der Waals surface area (Å²) in [7, 11) is -7.28. The first-order chi connectivity index (χ1) is 18.2. The molecule has 0 aromatic carbocycles. The van der Waals surface area contributed by atoms with Gasteiger partial charge in [-0.25, -0.2) is 4.79 Å².